The molecule has 0 unspecified atom stereocenters. The third-order valence-electron chi connectivity index (χ3n) is 6.52. The van der Waals surface area contributed by atoms with Crippen LogP contribution >= 0.6 is 11.6 Å². The normalized spacial score (nSPS) is 14.4. The van der Waals surface area contributed by atoms with Crippen LogP contribution in [-0.4, -0.2) is 44.0 Å². The summed E-state index contributed by atoms with van der Waals surface area (Å²) in [5.74, 6) is -0.569. The minimum atomic E-state index is -4.11. The van der Waals surface area contributed by atoms with E-state index < -0.39 is 21.7 Å². The van der Waals surface area contributed by atoms with Crippen molar-refractivity contribution in [3.8, 4) is 0 Å². The van der Waals surface area contributed by atoms with Crippen molar-refractivity contribution >= 4 is 45.0 Å². The molecule has 0 bridgehead atoms. The van der Waals surface area contributed by atoms with Crippen molar-refractivity contribution in [2.45, 2.75) is 50.7 Å². The van der Waals surface area contributed by atoms with Gasteiger partial charge in [0.2, 0.25) is 5.91 Å². The zero-order valence-corrected chi connectivity index (χ0v) is 24.4. The lowest BCUT2D eigenvalue weighted by Gasteiger charge is -2.33. The molecule has 0 atom stereocenters. The highest BCUT2D eigenvalue weighted by atomic mass is 35.5. The summed E-state index contributed by atoms with van der Waals surface area (Å²) in [6.45, 7) is 6.28. The van der Waals surface area contributed by atoms with Gasteiger partial charge in [0.25, 0.3) is 10.0 Å². The third-order valence-corrected chi connectivity index (χ3v) is 8.78. The fraction of sp³-hybridized carbons (Fsp3) is 0.333. The van der Waals surface area contributed by atoms with E-state index in [-0.39, 0.29) is 28.3 Å². The first kappa shape index (κ1) is 29.4. The molecular weight excluding hydrogens is 550 g/mol. The maximum absolute atomic E-state index is 14.0. The Morgan fingerprint density at radius 2 is 1.55 bits per heavy atom. The van der Waals surface area contributed by atoms with Crippen molar-refractivity contribution in [3.05, 3.63) is 89.4 Å². The Bertz CT molecular complexity index is 1450. The number of para-hydroxylation sites is 2. The molecule has 10 heteroatoms. The van der Waals surface area contributed by atoms with E-state index in [1.54, 1.807) is 41.3 Å². The van der Waals surface area contributed by atoms with Crippen molar-refractivity contribution in [3.63, 3.8) is 0 Å². The van der Waals surface area contributed by atoms with Gasteiger partial charge in [-0.25, -0.2) is 13.2 Å². The maximum atomic E-state index is 14.0. The summed E-state index contributed by atoms with van der Waals surface area (Å²) in [6, 6.07) is 22.3. The molecule has 212 valence electrons. The van der Waals surface area contributed by atoms with Crippen LogP contribution in [0, 0.1) is 5.92 Å². The Balaban J connectivity index is 1.58. The minimum Gasteiger partial charge on any atom is -0.444 e. The van der Waals surface area contributed by atoms with Gasteiger partial charge in [-0.15, -0.1) is 0 Å². The second kappa shape index (κ2) is 12.3. The van der Waals surface area contributed by atoms with Crippen LogP contribution in [-0.2, 0) is 26.1 Å². The molecule has 3 aromatic rings. The van der Waals surface area contributed by atoms with Gasteiger partial charge in [0.1, 0.15) is 10.5 Å². The van der Waals surface area contributed by atoms with Gasteiger partial charge >= 0.3 is 6.09 Å². The van der Waals surface area contributed by atoms with Crippen LogP contribution in [0.3, 0.4) is 0 Å². The number of piperidine rings is 1. The van der Waals surface area contributed by atoms with Crippen LogP contribution in [0.25, 0.3) is 0 Å². The number of ether oxygens (including phenoxy) is 1. The first-order valence-electron chi connectivity index (χ1n) is 13.1. The monoisotopic (exact) mass is 583 g/mol. The van der Waals surface area contributed by atoms with E-state index in [0.717, 1.165) is 5.56 Å². The second-order valence-electron chi connectivity index (χ2n) is 10.7. The molecule has 1 aliphatic rings. The number of nitrogens with one attached hydrogen (secondary N) is 1. The molecule has 1 aliphatic heterocycles. The number of likely N-dealkylation sites (tertiary alicyclic amines) is 1. The first-order chi connectivity index (χ1) is 19.0. The van der Waals surface area contributed by atoms with E-state index in [2.05, 4.69) is 5.32 Å². The van der Waals surface area contributed by atoms with Gasteiger partial charge < -0.3 is 15.0 Å². The Labute approximate surface area is 240 Å². The lowest BCUT2D eigenvalue weighted by Crippen LogP contribution is -2.43. The van der Waals surface area contributed by atoms with Crippen LogP contribution in [0.5, 0.6) is 0 Å². The molecule has 3 aromatic carbocycles. The van der Waals surface area contributed by atoms with Gasteiger partial charge in [-0.2, -0.15) is 0 Å². The molecule has 2 amide bonds. The number of nitrogens with zero attached hydrogens (tertiary/aromatic N) is 2. The summed E-state index contributed by atoms with van der Waals surface area (Å²) >= 11 is 6.33. The predicted octanol–water partition coefficient (Wildman–Crippen LogP) is 6.32. The molecule has 0 spiro atoms. The number of carbonyl (C=O) groups is 2. The highest BCUT2D eigenvalue weighted by molar-refractivity contribution is 7.93. The lowest BCUT2D eigenvalue weighted by molar-refractivity contribution is -0.121. The van der Waals surface area contributed by atoms with Gasteiger partial charge in [-0.1, -0.05) is 66.2 Å². The number of amides is 2. The smallest absolute Gasteiger partial charge is 0.410 e. The van der Waals surface area contributed by atoms with Crippen molar-refractivity contribution in [2.24, 2.45) is 5.92 Å². The van der Waals surface area contributed by atoms with E-state index in [9.17, 15) is 18.0 Å². The summed E-state index contributed by atoms with van der Waals surface area (Å²) in [5, 5.41) is 3.06. The Kier molecular flexibility index (Phi) is 9.05. The minimum absolute atomic E-state index is 0.0248. The number of rotatable bonds is 7. The van der Waals surface area contributed by atoms with E-state index >= 15 is 0 Å². The topological polar surface area (TPSA) is 96.0 Å². The van der Waals surface area contributed by atoms with Crippen LogP contribution in [0.15, 0.2) is 83.8 Å². The fourth-order valence-corrected chi connectivity index (χ4v) is 6.47. The molecule has 0 aromatic heterocycles. The first-order valence-corrected chi connectivity index (χ1v) is 15.0. The summed E-state index contributed by atoms with van der Waals surface area (Å²) < 4.78 is 34.7. The average molecular weight is 584 g/mol. The Morgan fingerprint density at radius 3 is 2.20 bits per heavy atom. The molecule has 0 radical (unpaired) electrons. The molecule has 4 rings (SSSR count). The van der Waals surface area contributed by atoms with Gasteiger partial charge in [0, 0.05) is 19.0 Å². The summed E-state index contributed by atoms with van der Waals surface area (Å²) in [7, 11) is -4.11. The zero-order valence-electron chi connectivity index (χ0n) is 22.8. The number of carbonyl (C=O) groups excluding carboxylic acids is 2. The lowest BCUT2D eigenvalue weighted by atomic mass is 9.96. The Hall–Kier alpha value is -3.56. The van der Waals surface area contributed by atoms with E-state index in [1.807, 2.05) is 51.1 Å². The van der Waals surface area contributed by atoms with E-state index in [1.165, 1.54) is 16.4 Å². The summed E-state index contributed by atoms with van der Waals surface area (Å²) in [6.07, 6.45) is 0.552. The highest BCUT2D eigenvalue weighted by Crippen LogP contribution is 2.35. The molecule has 40 heavy (non-hydrogen) atoms. The van der Waals surface area contributed by atoms with Crippen LogP contribution in [0.4, 0.5) is 16.2 Å². The van der Waals surface area contributed by atoms with Crippen LogP contribution in [0.2, 0.25) is 5.02 Å². The molecule has 0 aliphatic carbocycles. The molecular formula is C30H34ClN3O5S. The van der Waals surface area contributed by atoms with Crippen LogP contribution in [0.1, 0.15) is 39.2 Å². The van der Waals surface area contributed by atoms with Gasteiger partial charge in [-0.05, 0) is 63.4 Å². The molecule has 1 fully saturated rings. The van der Waals surface area contributed by atoms with Gasteiger partial charge in [0.05, 0.1) is 22.9 Å². The SMILES string of the molecule is CC(C)(C)OC(=O)N1CCC(C(=O)Nc2ccccc2N(Cc2ccccc2)S(=O)(=O)c2ccccc2Cl)CC1. The van der Waals surface area contributed by atoms with Crippen molar-refractivity contribution in [1.29, 1.82) is 0 Å². The number of halogens is 1. The van der Waals surface area contributed by atoms with Crippen molar-refractivity contribution in [2.75, 3.05) is 22.7 Å². The molecule has 0 saturated carbocycles. The van der Waals surface area contributed by atoms with Crippen LogP contribution < -0.4 is 9.62 Å². The maximum Gasteiger partial charge on any atom is 0.410 e. The number of sulfonamides is 1. The number of anilines is 2. The van der Waals surface area contributed by atoms with Gasteiger partial charge in [-0.3, -0.25) is 9.10 Å². The second-order valence-corrected chi connectivity index (χ2v) is 12.9. The number of benzene rings is 3. The molecule has 8 nitrogen and oxygen atoms in total. The Morgan fingerprint density at radius 1 is 0.950 bits per heavy atom. The number of hydrogen-bond donors (Lipinski definition) is 1. The average Bonchev–Trinajstić information content (AvgIpc) is 2.92. The quantitative estimate of drug-likeness (QED) is 0.351. The predicted molar refractivity (Wildman–Crippen MR) is 157 cm³/mol. The fourth-order valence-electron chi connectivity index (χ4n) is 4.50. The van der Waals surface area contributed by atoms with Crippen molar-refractivity contribution in [1.82, 2.24) is 4.90 Å². The van der Waals surface area contributed by atoms with E-state index in [0.29, 0.717) is 37.3 Å². The van der Waals surface area contributed by atoms with Gasteiger partial charge in [0.15, 0.2) is 0 Å². The zero-order chi connectivity index (χ0) is 28.9. The summed E-state index contributed by atoms with van der Waals surface area (Å²) in [4.78, 5) is 27.3. The number of hydrogen-bond acceptors (Lipinski definition) is 5. The largest absolute Gasteiger partial charge is 0.444 e. The molecule has 1 heterocycles. The molecule has 1 N–H and O–H groups in total. The standard InChI is InChI=1S/C30H34ClN3O5S/c1-30(2,3)39-29(36)33-19-17-23(18-20-33)28(35)32-25-14-8-9-15-26(25)34(21-22-11-5-4-6-12-22)40(37,38)27-16-10-7-13-24(27)31/h4-16,23H,17-21H2,1-3H3,(H,32,35). The van der Waals surface area contributed by atoms with Crippen molar-refractivity contribution < 1.29 is 22.7 Å². The molecule has 1 saturated heterocycles. The highest BCUT2D eigenvalue weighted by Gasteiger charge is 2.32. The van der Waals surface area contributed by atoms with E-state index in [4.69, 9.17) is 16.3 Å². The third kappa shape index (κ3) is 7.14. The summed E-state index contributed by atoms with van der Waals surface area (Å²) in [5.41, 5.74) is 0.874.